The molecule has 0 atom stereocenters. The molecule has 4 aliphatic rings. The first-order valence-corrected chi connectivity index (χ1v) is 27.3. The molecule has 25 heteroatoms. The van der Waals surface area contributed by atoms with Crippen molar-refractivity contribution in [2.45, 2.75) is 37.9 Å². The highest BCUT2D eigenvalue weighted by Crippen LogP contribution is 2.36. The van der Waals surface area contributed by atoms with Crippen LogP contribution in [0.1, 0.15) is 56.2 Å². The molecule has 10 rings (SSSR count). The Morgan fingerprint density at radius 2 is 1.03 bits per heavy atom. The van der Waals surface area contributed by atoms with Crippen LogP contribution in [0, 0.1) is 20.2 Å². The normalized spacial score (nSPS) is 16.7. The number of likely N-dealkylation sites (N-methyl/N-ethyl adjacent to an activating group) is 2. The average Bonchev–Trinajstić information content (AvgIpc) is 4.00. The Kier molecular flexibility index (Phi) is 18.9. The number of aliphatic hydroxyl groups is 2. The average molecular weight is 1110 g/mol. The number of aromatic nitrogens is 2. The van der Waals surface area contributed by atoms with Gasteiger partial charge < -0.3 is 62.1 Å². The third-order valence-electron chi connectivity index (χ3n) is 13.6. The fourth-order valence-corrected chi connectivity index (χ4v) is 11.0. The Morgan fingerprint density at radius 1 is 0.610 bits per heavy atom. The zero-order valence-electron chi connectivity index (χ0n) is 42.8. The van der Waals surface area contributed by atoms with E-state index in [9.17, 15) is 34.9 Å². The number of aliphatic hydroxyl groups excluding tert-OH is 2. The van der Waals surface area contributed by atoms with Gasteiger partial charge in [0.25, 0.3) is 11.4 Å². The van der Waals surface area contributed by atoms with Gasteiger partial charge in [0.15, 0.2) is 10.3 Å². The lowest BCUT2D eigenvalue weighted by atomic mass is 10.0. The van der Waals surface area contributed by atoms with Gasteiger partial charge in [0.1, 0.15) is 32.1 Å². The number of nitrogen functional groups attached to an aromatic ring is 2. The molecule has 4 aromatic carbocycles. The third-order valence-corrected chi connectivity index (χ3v) is 15.9. The summed E-state index contributed by atoms with van der Waals surface area (Å²) < 4.78 is 0. The van der Waals surface area contributed by atoms with E-state index in [4.69, 9.17) is 28.2 Å². The minimum absolute atomic E-state index is 0.0266. The Morgan fingerprint density at radius 3 is 1.44 bits per heavy atom. The number of hydrogen-bond acceptors (Lipinski definition) is 22. The molecule has 408 valence electrons. The fourth-order valence-electron chi connectivity index (χ4n) is 9.03. The number of benzene rings is 4. The van der Waals surface area contributed by atoms with Crippen LogP contribution in [0.3, 0.4) is 0 Å². The van der Waals surface area contributed by atoms with Crippen molar-refractivity contribution in [3.05, 3.63) is 131 Å². The number of halogens is 1. The maximum atomic E-state index is 13.3. The number of ketones is 2. The van der Waals surface area contributed by atoms with Crippen molar-refractivity contribution in [3.8, 4) is 0 Å². The van der Waals surface area contributed by atoms with Crippen molar-refractivity contribution < 1.29 is 29.6 Å². The highest BCUT2D eigenvalue weighted by atomic mass is 35.5. The quantitative estimate of drug-likeness (QED) is 0.0346. The molecule has 0 saturated carbocycles. The summed E-state index contributed by atoms with van der Waals surface area (Å²) in [5.74, 6) is -0.720. The Balaban J connectivity index is 0.000000182. The van der Waals surface area contributed by atoms with Crippen LogP contribution in [-0.4, -0.2) is 156 Å². The lowest BCUT2D eigenvalue weighted by Gasteiger charge is -2.34. The molecule has 77 heavy (non-hydrogen) atoms. The van der Waals surface area contributed by atoms with Crippen molar-refractivity contribution in [1.82, 2.24) is 25.1 Å². The summed E-state index contributed by atoms with van der Waals surface area (Å²) in [6.45, 7) is 11.1. The molecule has 6 aromatic rings. The summed E-state index contributed by atoms with van der Waals surface area (Å²) in [6, 6.07) is 24.4. The summed E-state index contributed by atoms with van der Waals surface area (Å²) in [5.41, 5.74) is 16.3. The summed E-state index contributed by atoms with van der Waals surface area (Å²) in [7, 11) is 4.25. The van der Waals surface area contributed by atoms with Gasteiger partial charge in [0, 0.05) is 111 Å². The first-order chi connectivity index (χ1) is 37.0. The number of nitrogens with one attached hydrogen (secondary N) is 3. The van der Waals surface area contributed by atoms with Gasteiger partial charge in [-0.15, -0.1) is 0 Å². The maximum Gasteiger partial charge on any atom is 0.293 e. The fraction of sp³-hybridized carbons (Fsp3) is 0.385. The van der Waals surface area contributed by atoms with Gasteiger partial charge in [-0.25, -0.2) is 9.97 Å². The van der Waals surface area contributed by atoms with Gasteiger partial charge in [-0.3, -0.25) is 29.8 Å². The zero-order valence-corrected chi connectivity index (χ0v) is 45.2. The second kappa shape index (κ2) is 25.9. The van der Waals surface area contributed by atoms with Gasteiger partial charge in [0.05, 0.1) is 22.1 Å². The molecular formula is C52H63ClN14O8S2. The topological polar surface area (TPSA) is 291 Å². The first kappa shape index (κ1) is 56.2. The molecular weight excluding hydrogens is 1050 g/mol. The number of nitrogens with two attached hydrogens (primary N) is 2. The minimum atomic E-state index is -0.631. The van der Waals surface area contributed by atoms with Crippen molar-refractivity contribution in [3.63, 3.8) is 0 Å². The second-order valence-corrected chi connectivity index (χ2v) is 21.5. The number of rotatable bonds is 13. The number of nitro groups is 2. The molecule has 0 amide bonds. The Labute approximate surface area is 458 Å². The number of hydrogen-bond donors (Lipinski definition) is 7. The van der Waals surface area contributed by atoms with Gasteiger partial charge in [-0.1, -0.05) is 34.3 Å². The standard InChI is InChI=1S/C26H31N7O4S.C21H21ClN6O3S.C5H11NO/c1-30-12-14-31(15-13-30)19-5-3-18(4-6-19)28-26-29-25(27)24(38-26)23(35)17-2-7-21(22(16-17)33(36)37)32-10-8-20(34)9-11-32;1-26-8-10-27(11-9-26)15-5-3-14(4-6-15)24-21-25-20(23)19(32-21)18(29)13-2-7-16(22)17(12-13)28(30)31;7-5-1-3-6-4-2-5/h2-7,16,20,34H,8-15,27H2,1H3,(H,28,29);2-7,12H,8-11,23H2,1H3,(H,24,25);5-7H,1-4H2. The SMILES string of the molecule is CN1CCN(c2ccc(Nc3nc(N)c(C(=O)c4ccc(Cl)c([N+](=O)[O-])c4)s3)cc2)CC1.CN1CCN(c2ccc(Nc3nc(N)c(C(=O)c4ccc(N5CCC(O)CC5)c([N+](=O)[O-])c4)s3)cc2)CC1.OC1CCNCC1. The molecule has 0 radical (unpaired) electrons. The first-order valence-electron chi connectivity index (χ1n) is 25.3. The van der Waals surface area contributed by atoms with Gasteiger partial charge >= 0.3 is 0 Å². The van der Waals surface area contributed by atoms with Gasteiger partial charge in [-0.2, -0.15) is 0 Å². The molecule has 4 aliphatic heterocycles. The van der Waals surface area contributed by atoms with E-state index in [2.05, 4.69) is 71.7 Å². The van der Waals surface area contributed by atoms with Crippen LogP contribution in [0.4, 0.5) is 61.7 Å². The van der Waals surface area contributed by atoms with Crippen LogP contribution >= 0.6 is 34.3 Å². The van der Waals surface area contributed by atoms with E-state index in [-0.39, 0.29) is 55.0 Å². The van der Waals surface area contributed by atoms with E-state index in [1.807, 2.05) is 41.3 Å². The highest BCUT2D eigenvalue weighted by molar-refractivity contribution is 7.18. The zero-order chi connectivity index (χ0) is 54.8. The van der Waals surface area contributed by atoms with Crippen LogP contribution in [0.2, 0.25) is 5.02 Å². The van der Waals surface area contributed by atoms with Crippen LogP contribution in [-0.2, 0) is 0 Å². The largest absolute Gasteiger partial charge is 0.393 e. The molecule has 2 aromatic heterocycles. The van der Waals surface area contributed by atoms with E-state index in [1.54, 1.807) is 12.1 Å². The van der Waals surface area contributed by atoms with E-state index < -0.39 is 27.5 Å². The molecule has 0 spiro atoms. The van der Waals surface area contributed by atoms with E-state index in [1.165, 1.54) is 18.2 Å². The number of piperidine rings is 2. The number of thiazole rings is 2. The van der Waals surface area contributed by atoms with Crippen molar-refractivity contribution in [2.24, 2.45) is 0 Å². The monoisotopic (exact) mass is 1110 g/mol. The second-order valence-electron chi connectivity index (χ2n) is 19.1. The lowest BCUT2D eigenvalue weighted by Crippen LogP contribution is -2.44. The highest BCUT2D eigenvalue weighted by Gasteiger charge is 2.28. The molecule has 9 N–H and O–H groups in total. The molecule has 4 fully saturated rings. The predicted molar refractivity (Wildman–Crippen MR) is 306 cm³/mol. The maximum absolute atomic E-state index is 13.3. The molecule has 0 unspecified atom stereocenters. The summed E-state index contributed by atoms with van der Waals surface area (Å²) >= 11 is 8.04. The minimum Gasteiger partial charge on any atom is -0.393 e. The molecule has 22 nitrogen and oxygen atoms in total. The number of nitrogens with zero attached hydrogens (tertiary/aromatic N) is 9. The van der Waals surface area contributed by atoms with Gasteiger partial charge in [-0.05, 0) is 126 Å². The van der Waals surface area contributed by atoms with Crippen LogP contribution in [0.25, 0.3) is 0 Å². The number of anilines is 9. The number of piperazine rings is 2. The predicted octanol–water partition coefficient (Wildman–Crippen LogP) is 7.07. The van der Waals surface area contributed by atoms with Crippen LogP contribution in [0.15, 0.2) is 84.9 Å². The Bertz CT molecular complexity index is 3010. The summed E-state index contributed by atoms with van der Waals surface area (Å²) in [6.07, 6.45) is 2.53. The molecule has 6 heterocycles. The van der Waals surface area contributed by atoms with Crippen molar-refractivity contribution >= 4 is 108 Å². The van der Waals surface area contributed by atoms with Gasteiger partial charge in [0.2, 0.25) is 11.6 Å². The van der Waals surface area contributed by atoms with Crippen molar-refractivity contribution in [1.29, 1.82) is 0 Å². The molecule has 0 bridgehead atoms. The lowest BCUT2D eigenvalue weighted by molar-refractivity contribution is -0.384. The van der Waals surface area contributed by atoms with Crippen LogP contribution < -0.4 is 42.1 Å². The number of carbonyl (C=O) groups is 2. The third kappa shape index (κ3) is 14.7. The summed E-state index contributed by atoms with van der Waals surface area (Å²) in [4.78, 5) is 68.1. The van der Waals surface area contributed by atoms with Crippen molar-refractivity contribution in [2.75, 3.05) is 129 Å². The van der Waals surface area contributed by atoms with E-state index in [0.29, 0.717) is 41.9 Å². The molecule has 0 aliphatic carbocycles. The Hall–Kier alpha value is -7.03. The van der Waals surface area contributed by atoms with E-state index >= 15 is 0 Å². The smallest absolute Gasteiger partial charge is 0.293 e. The summed E-state index contributed by atoms with van der Waals surface area (Å²) in [5, 5.41) is 52.0. The van der Waals surface area contributed by atoms with E-state index in [0.717, 1.165) is 130 Å². The number of nitro benzene ring substituents is 2. The van der Waals surface area contributed by atoms with Crippen LogP contribution in [0.5, 0.6) is 0 Å². The number of carbonyl (C=O) groups excluding carboxylic acids is 2. The molecule has 4 saturated heterocycles.